The Morgan fingerprint density at radius 2 is 1.70 bits per heavy atom. The highest BCUT2D eigenvalue weighted by atomic mass is 16.5. The van der Waals surface area contributed by atoms with Gasteiger partial charge in [-0.3, -0.25) is 14.4 Å². The minimum absolute atomic E-state index is 0.113. The number of carbonyl (C=O) groups excluding carboxylic acids is 2. The lowest BCUT2D eigenvalue weighted by atomic mass is 9.95. The average molecular weight is 590 g/mol. The summed E-state index contributed by atoms with van der Waals surface area (Å²) in [6, 6.07) is 14.0. The number of carbonyl (C=O) groups is 3. The highest BCUT2D eigenvalue weighted by molar-refractivity contribution is 5.87. The molecule has 11 heteroatoms. The topological polar surface area (TPSA) is 152 Å². The molecule has 0 fully saturated rings. The molecule has 2 atom stereocenters. The van der Waals surface area contributed by atoms with Crippen molar-refractivity contribution in [2.75, 3.05) is 33.2 Å². The van der Waals surface area contributed by atoms with Crippen LogP contribution in [0.4, 0.5) is 5.69 Å². The molecule has 3 aromatic carbocycles. The second-order valence-corrected chi connectivity index (χ2v) is 10.1. The van der Waals surface area contributed by atoms with E-state index in [-0.39, 0.29) is 24.6 Å². The van der Waals surface area contributed by atoms with Gasteiger partial charge < -0.3 is 35.3 Å². The highest BCUT2D eigenvalue weighted by Gasteiger charge is 2.29. The standard InChI is InChI=1S/C32H35N3O8/c1-18(36)34-23-12-10-20-15-27(41-2)30(42-3)31(43-4)29(20)21-11-13-24(26(37)16-22(21)23)33-17-28(38)35-25(32(39)40)14-19-8-6-5-7-9-19/h5-9,11,13,15-16,23,25H,10,12,14,17H2,1-4H3,(H,33,37)(H,34,36)(H,35,38)(H,39,40)/t23-,25-/m1/s1. The Balaban J connectivity index is 1.69. The van der Waals surface area contributed by atoms with Crippen LogP contribution in [-0.4, -0.2) is 56.8 Å². The first-order valence-electron chi connectivity index (χ1n) is 13.7. The van der Waals surface area contributed by atoms with Gasteiger partial charge in [-0.2, -0.15) is 0 Å². The number of rotatable bonds is 11. The van der Waals surface area contributed by atoms with Gasteiger partial charge in [0.25, 0.3) is 0 Å². The van der Waals surface area contributed by atoms with E-state index in [0.29, 0.717) is 46.8 Å². The van der Waals surface area contributed by atoms with Crippen molar-refractivity contribution >= 4 is 23.5 Å². The van der Waals surface area contributed by atoms with Gasteiger partial charge in [-0.15, -0.1) is 0 Å². The molecular formula is C32H35N3O8. The van der Waals surface area contributed by atoms with Crippen molar-refractivity contribution in [3.63, 3.8) is 0 Å². The van der Waals surface area contributed by atoms with Crippen molar-refractivity contribution in [1.29, 1.82) is 0 Å². The SMILES string of the molecule is COc1cc2c(c(OC)c1OC)-c1ccc(NCC(=O)N[C@H](Cc3ccccc3)C(=O)O)c(=O)cc1[C@H](NC(C)=O)CC2. The van der Waals surface area contributed by atoms with Crippen molar-refractivity contribution in [1.82, 2.24) is 10.6 Å². The van der Waals surface area contributed by atoms with E-state index in [1.807, 2.05) is 12.1 Å². The molecule has 4 N–H and O–H groups in total. The van der Waals surface area contributed by atoms with Crippen LogP contribution in [-0.2, 0) is 27.2 Å². The van der Waals surface area contributed by atoms with E-state index in [9.17, 15) is 24.3 Å². The molecule has 4 rings (SSSR count). The Morgan fingerprint density at radius 3 is 2.33 bits per heavy atom. The van der Waals surface area contributed by atoms with E-state index in [0.717, 1.165) is 11.1 Å². The van der Waals surface area contributed by atoms with Gasteiger partial charge in [0.2, 0.25) is 23.0 Å². The molecule has 43 heavy (non-hydrogen) atoms. The summed E-state index contributed by atoms with van der Waals surface area (Å²) in [6.45, 7) is 1.09. The maximum absolute atomic E-state index is 13.4. The monoisotopic (exact) mass is 589 g/mol. The summed E-state index contributed by atoms with van der Waals surface area (Å²) in [6.07, 6.45) is 1.18. The number of hydrogen-bond donors (Lipinski definition) is 4. The number of aliphatic carboxylic acids is 1. The summed E-state index contributed by atoms with van der Waals surface area (Å²) < 4.78 is 16.9. The zero-order valence-electron chi connectivity index (χ0n) is 24.5. The Bertz CT molecular complexity index is 1580. The molecule has 11 nitrogen and oxygen atoms in total. The normalized spacial score (nSPS) is 14.2. The number of anilines is 1. The lowest BCUT2D eigenvalue weighted by molar-refractivity contribution is -0.141. The largest absolute Gasteiger partial charge is 0.493 e. The van der Waals surface area contributed by atoms with Gasteiger partial charge >= 0.3 is 5.97 Å². The summed E-state index contributed by atoms with van der Waals surface area (Å²) in [5, 5.41) is 17.9. The summed E-state index contributed by atoms with van der Waals surface area (Å²) in [5.41, 5.74) is 3.29. The third kappa shape index (κ3) is 7.06. The number of methoxy groups -OCH3 is 3. The van der Waals surface area contributed by atoms with Gasteiger partial charge in [0.05, 0.1) is 39.6 Å². The first-order chi connectivity index (χ1) is 20.7. The van der Waals surface area contributed by atoms with Gasteiger partial charge in [-0.1, -0.05) is 36.4 Å². The summed E-state index contributed by atoms with van der Waals surface area (Å²) in [7, 11) is 4.56. The van der Waals surface area contributed by atoms with Crippen molar-refractivity contribution in [2.45, 2.75) is 38.3 Å². The predicted molar refractivity (Wildman–Crippen MR) is 161 cm³/mol. The first-order valence-corrected chi connectivity index (χ1v) is 13.7. The lowest BCUT2D eigenvalue weighted by Gasteiger charge is -2.19. The minimum Gasteiger partial charge on any atom is -0.493 e. The number of amides is 2. The number of benzene rings is 2. The van der Waals surface area contributed by atoms with E-state index in [1.54, 1.807) is 36.4 Å². The molecule has 0 aromatic heterocycles. The molecule has 1 aliphatic carbocycles. The molecular weight excluding hydrogens is 554 g/mol. The number of carboxylic acids is 1. The van der Waals surface area contributed by atoms with Crippen molar-refractivity contribution in [2.24, 2.45) is 0 Å². The average Bonchev–Trinajstić information content (AvgIpc) is 3.23. The van der Waals surface area contributed by atoms with Crippen molar-refractivity contribution in [3.05, 3.63) is 81.5 Å². The smallest absolute Gasteiger partial charge is 0.326 e. The fourth-order valence-corrected chi connectivity index (χ4v) is 5.32. The molecule has 0 spiro atoms. The van der Waals surface area contributed by atoms with Gasteiger partial charge in [0.1, 0.15) is 6.04 Å². The Kier molecular flexibility index (Phi) is 9.87. The number of aryl methyl sites for hydroxylation is 1. The van der Waals surface area contributed by atoms with Crippen LogP contribution in [0.1, 0.15) is 36.1 Å². The molecule has 0 bridgehead atoms. The van der Waals surface area contributed by atoms with E-state index >= 15 is 0 Å². The third-order valence-electron chi connectivity index (χ3n) is 7.27. The van der Waals surface area contributed by atoms with Crippen LogP contribution >= 0.6 is 0 Å². The molecule has 2 amide bonds. The second kappa shape index (κ2) is 13.7. The molecule has 0 heterocycles. The van der Waals surface area contributed by atoms with Crippen molar-refractivity contribution < 1.29 is 33.7 Å². The third-order valence-corrected chi connectivity index (χ3v) is 7.27. The van der Waals surface area contributed by atoms with E-state index in [1.165, 1.54) is 34.3 Å². The fourth-order valence-electron chi connectivity index (χ4n) is 5.32. The van der Waals surface area contributed by atoms with Crippen molar-refractivity contribution in [3.8, 4) is 28.4 Å². The number of fused-ring (bicyclic) bond motifs is 3. The van der Waals surface area contributed by atoms with Gasteiger partial charge in [-0.25, -0.2) is 4.79 Å². The molecule has 0 unspecified atom stereocenters. The zero-order valence-corrected chi connectivity index (χ0v) is 24.5. The zero-order chi connectivity index (χ0) is 31.1. The van der Waals surface area contributed by atoms with Crippen LogP contribution < -0.4 is 35.6 Å². The number of hydrogen-bond acceptors (Lipinski definition) is 8. The van der Waals surface area contributed by atoms with Crippen LogP contribution in [0, 0.1) is 0 Å². The fraction of sp³-hybridized carbons (Fsp3) is 0.312. The van der Waals surface area contributed by atoms with Crippen LogP contribution in [0.2, 0.25) is 0 Å². The summed E-state index contributed by atoms with van der Waals surface area (Å²) >= 11 is 0. The second-order valence-electron chi connectivity index (χ2n) is 10.1. The summed E-state index contributed by atoms with van der Waals surface area (Å²) in [4.78, 5) is 50.1. The maximum Gasteiger partial charge on any atom is 0.326 e. The molecule has 3 aromatic rings. The number of nitrogens with one attached hydrogen (secondary N) is 3. The van der Waals surface area contributed by atoms with E-state index in [2.05, 4.69) is 16.0 Å². The van der Waals surface area contributed by atoms with Gasteiger partial charge in [0.15, 0.2) is 11.5 Å². The predicted octanol–water partition coefficient (Wildman–Crippen LogP) is 3.09. The Morgan fingerprint density at radius 1 is 0.977 bits per heavy atom. The summed E-state index contributed by atoms with van der Waals surface area (Å²) in [5.74, 6) is -0.701. The number of carboxylic acid groups (broad SMARTS) is 1. The molecule has 0 saturated carbocycles. The minimum atomic E-state index is -1.17. The highest BCUT2D eigenvalue weighted by Crippen LogP contribution is 2.50. The van der Waals surface area contributed by atoms with Crippen LogP contribution in [0.15, 0.2) is 59.4 Å². The maximum atomic E-state index is 13.4. The van der Waals surface area contributed by atoms with Crippen LogP contribution in [0.5, 0.6) is 17.2 Å². The quantitative estimate of drug-likeness (QED) is 0.264. The van der Waals surface area contributed by atoms with Crippen LogP contribution in [0.3, 0.4) is 0 Å². The Labute approximate surface area is 249 Å². The molecule has 0 saturated heterocycles. The van der Waals surface area contributed by atoms with Crippen LogP contribution in [0.25, 0.3) is 11.1 Å². The Hall–Kier alpha value is -5.06. The molecule has 1 aliphatic rings. The molecule has 0 radical (unpaired) electrons. The first kappa shape index (κ1) is 30.9. The van der Waals surface area contributed by atoms with E-state index in [4.69, 9.17) is 14.2 Å². The number of ether oxygens (including phenoxy) is 3. The molecule has 226 valence electrons. The lowest BCUT2D eigenvalue weighted by Crippen LogP contribution is -2.44. The van der Waals surface area contributed by atoms with Gasteiger partial charge in [-0.05, 0) is 53.3 Å². The van der Waals surface area contributed by atoms with Gasteiger partial charge in [0, 0.05) is 18.9 Å². The van der Waals surface area contributed by atoms with E-state index < -0.39 is 29.4 Å². The molecule has 0 aliphatic heterocycles.